The fourth-order valence-electron chi connectivity index (χ4n) is 2.15. The maximum absolute atomic E-state index is 14.0. The van der Waals surface area contributed by atoms with Crippen LogP contribution in [0, 0.1) is 0 Å². The summed E-state index contributed by atoms with van der Waals surface area (Å²) in [7, 11) is 1.56. The zero-order valence-electron chi connectivity index (χ0n) is 9.00. The molecule has 4 heteroatoms. The van der Waals surface area contributed by atoms with Crippen molar-refractivity contribution in [1.29, 1.82) is 0 Å². The second kappa shape index (κ2) is 3.77. The van der Waals surface area contributed by atoms with E-state index < -0.39 is 11.6 Å². The molecular formula is C12H13FO3. The summed E-state index contributed by atoms with van der Waals surface area (Å²) in [6.45, 7) is 0. The van der Waals surface area contributed by atoms with Crippen molar-refractivity contribution < 1.29 is 19.0 Å². The smallest absolute Gasteiger partial charge is 0.341 e. The molecule has 1 aromatic carbocycles. The summed E-state index contributed by atoms with van der Waals surface area (Å²) in [5, 5.41) is 8.84. The van der Waals surface area contributed by atoms with Gasteiger partial charge in [-0.3, -0.25) is 0 Å². The highest BCUT2D eigenvalue weighted by Crippen LogP contribution is 2.36. The van der Waals surface area contributed by atoms with E-state index in [1.54, 1.807) is 19.2 Å². The number of fused-ring (bicyclic) bond motifs is 1. The molecule has 0 aliphatic heterocycles. The molecule has 0 aromatic heterocycles. The molecule has 16 heavy (non-hydrogen) atoms. The van der Waals surface area contributed by atoms with Gasteiger partial charge in [-0.2, -0.15) is 0 Å². The molecule has 0 amide bonds. The zero-order valence-corrected chi connectivity index (χ0v) is 9.00. The van der Waals surface area contributed by atoms with Crippen LogP contribution in [0.5, 0.6) is 5.75 Å². The summed E-state index contributed by atoms with van der Waals surface area (Å²) in [6, 6.07) is 5.32. The summed E-state index contributed by atoms with van der Waals surface area (Å²) >= 11 is 0. The Morgan fingerprint density at radius 2 is 2.31 bits per heavy atom. The number of carboxylic acid groups (broad SMARTS) is 1. The molecule has 1 aliphatic rings. The van der Waals surface area contributed by atoms with Gasteiger partial charge in [-0.05, 0) is 30.0 Å². The maximum atomic E-state index is 14.0. The van der Waals surface area contributed by atoms with Crippen molar-refractivity contribution in [3.63, 3.8) is 0 Å². The third-order valence-electron chi connectivity index (χ3n) is 3.08. The number of rotatable bonds is 2. The van der Waals surface area contributed by atoms with Gasteiger partial charge < -0.3 is 9.84 Å². The van der Waals surface area contributed by atoms with Crippen molar-refractivity contribution in [3.8, 4) is 5.75 Å². The SMILES string of the molecule is COc1cccc2c1CCC(F)(C(=O)O)C2. The minimum Gasteiger partial charge on any atom is -0.496 e. The second-order valence-corrected chi connectivity index (χ2v) is 4.05. The molecule has 0 saturated carbocycles. The maximum Gasteiger partial charge on any atom is 0.341 e. The van der Waals surface area contributed by atoms with Crippen molar-refractivity contribution in [1.82, 2.24) is 0 Å². The van der Waals surface area contributed by atoms with Crippen LogP contribution in [-0.4, -0.2) is 23.9 Å². The molecule has 1 atom stereocenters. The number of hydrogen-bond acceptors (Lipinski definition) is 2. The van der Waals surface area contributed by atoms with E-state index in [-0.39, 0.29) is 12.8 Å². The first-order valence-electron chi connectivity index (χ1n) is 5.14. The Labute approximate surface area is 92.9 Å². The number of alkyl halides is 1. The molecule has 1 unspecified atom stereocenters. The number of carbonyl (C=O) groups is 1. The predicted octanol–water partition coefficient (Wildman–Crippen LogP) is 1.98. The van der Waals surface area contributed by atoms with E-state index in [4.69, 9.17) is 9.84 Å². The molecule has 0 heterocycles. The second-order valence-electron chi connectivity index (χ2n) is 4.05. The van der Waals surface area contributed by atoms with Gasteiger partial charge in [-0.25, -0.2) is 9.18 Å². The largest absolute Gasteiger partial charge is 0.496 e. The van der Waals surface area contributed by atoms with Crippen LogP contribution in [0.2, 0.25) is 0 Å². The minimum absolute atomic E-state index is 0.00963. The molecule has 0 spiro atoms. The van der Waals surface area contributed by atoms with Gasteiger partial charge in [-0.15, -0.1) is 0 Å². The standard InChI is InChI=1S/C12H13FO3/c1-16-10-4-2-3-8-7-12(13,11(14)15)6-5-9(8)10/h2-4H,5-7H2,1H3,(H,14,15). The molecule has 1 N–H and O–H groups in total. The van der Waals surface area contributed by atoms with Crippen molar-refractivity contribution in [3.05, 3.63) is 29.3 Å². The monoisotopic (exact) mass is 224 g/mol. The number of halogens is 1. The van der Waals surface area contributed by atoms with Crippen LogP contribution < -0.4 is 4.74 Å². The van der Waals surface area contributed by atoms with Crippen molar-refractivity contribution in [2.45, 2.75) is 24.9 Å². The number of methoxy groups -OCH3 is 1. The molecule has 2 rings (SSSR count). The van der Waals surface area contributed by atoms with E-state index in [0.717, 1.165) is 11.1 Å². The summed E-state index contributed by atoms with van der Waals surface area (Å²) < 4.78 is 19.1. The summed E-state index contributed by atoms with van der Waals surface area (Å²) in [5.41, 5.74) is -0.464. The van der Waals surface area contributed by atoms with Gasteiger partial charge in [0.15, 0.2) is 0 Å². The van der Waals surface area contributed by atoms with Crippen LogP contribution in [0.4, 0.5) is 4.39 Å². The molecule has 0 bridgehead atoms. The summed E-state index contributed by atoms with van der Waals surface area (Å²) in [4.78, 5) is 10.8. The predicted molar refractivity (Wildman–Crippen MR) is 56.5 cm³/mol. The Morgan fingerprint density at radius 1 is 1.56 bits per heavy atom. The van der Waals surface area contributed by atoms with Gasteiger partial charge in [-0.1, -0.05) is 12.1 Å². The van der Waals surface area contributed by atoms with E-state index in [1.165, 1.54) is 0 Å². The van der Waals surface area contributed by atoms with E-state index in [0.29, 0.717) is 12.2 Å². The van der Waals surface area contributed by atoms with E-state index in [2.05, 4.69) is 0 Å². The highest BCUT2D eigenvalue weighted by atomic mass is 19.1. The Balaban J connectivity index is 2.39. The van der Waals surface area contributed by atoms with Gasteiger partial charge in [0.05, 0.1) is 7.11 Å². The topological polar surface area (TPSA) is 46.5 Å². The highest BCUT2D eigenvalue weighted by molar-refractivity contribution is 5.78. The fourth-order valence-corrected chi connectivity index (χ4v) is 2.15. The lowest BCUT2D eigenvalue weighted by atomic mass is 9.81. The molecule has 3 nitrogen and oxygen atoms in total. The minimum atomic E-state index is -2.13. The third kappa shape index (κ3) is 1.64. The lowest BCUT2D eigenvalue weighted by molar-refractivity contribution is -0.151. The van der Waals surface area contributed by atoms with E-state index >= 15 is 0 Å². The lowest BCUT2D eigenvalue weighted by Gasteiger charge is -2.28. The van der Waals surface area contributed by atoms with Crippen molar-refractivity contribution in [2.24, 2.45) is 0 Å². The van der Waals surface area contributed by atoms with Gasteiger partial charge in [0.1, 0.15) is 5.75 Å². The Bertz CT molecular complexity index is 430. The number of ether oxygens (including phenoxy) is 1. The summed E-state index contributed by atoms with van der Waals surface area (Å²) in [5.74, 6) is -0.661. The van der Waals surface area contributed by atoms with E-state index in [9.17, 15) is 9.18 Å². The third-order valence-corrected chi connectivity index (χ3v) is 3.08. The average Bonchev–Trinajstić information content (AvgIpc) is 2.27. The van der Waals surface area contributed by atoms with Crippen LogP contribution >= 0.6 is 0 Å². The van der Waals surface area contributed by atoms with Crippen molar-refractivity contribution in [2.75, 3.05) is 7.11 Å². The first-order valence-corrected chi connectivity index (χ1v) is 5.14. The molecule has 1 aliphatic carbocycles. The van der Waals surface area contributed by atoms with Crippen LogP contribution in [0.25, 0.3) is 0 Å². The Kier molecular flexibility index (Phi) is 2.58. The molecule has 0 radical (unpaired) electrons. The fraction of sp³-hybridized carbons (Fsp3) is 0.417. The van der Waals surface area contributed by atoms with Crippen molar-refractivity contribution >= 4 is 5.97 Å². The molecule has 0 saturated heterocycles. The first-order chi connectivity index (χ1) is 7.57. The van der Waals surface area contributed by atoms with Crippen LogP contribution in [0.1, 0.15) is 17.5 Å². The number of hydrogen-bond donors (Lipinski definition) is 1. The average molecular weight is 224 g/mol. The number of carboxylic acids is 1. The Hall–Kier alpha value is -1.58. The van der Waals surface area contributed by atoms with E-state index in [1.807, 2.05) is 6.07 Å². The lowest BCUT2D eigenvalue weighted by Crippen LogP contribution is -2.39. The van der Waals surface area contributed by atoms with Gasteiger partial charge >= 0.3 is 5.97 Å². The van der Waals surface area contributed by atoms with Crippen LogP contribution in [-0.2, 0) is 17.6 Å². The van der Waals surface area contributed by atoms with Gasteiger partial charge in [0, 0.05) is 6.42 Å². The van der Waals surface area contributed by atoms with Crippen LogP contribution in [0.3, 0.4) is 0 Å². The first kappa shape index (κ1) is 10.9. The quantitative estimate of drug-likeness (QED) is 0.835. The van der Waals surface area contributed by atoms with Crippen LogP contribution in [0.15, 0.2) is 18.2 Å². The number of benzene rings is 1. The molecule has 0 fully saturated rings. The molecular weight excluding hydrogens is 211 g/mol. The van der Waals surface area contributed by atoms with Gasteiger partial charge in [0.25, 0.3) is 0 Å². The summed E-state index contributed by atoms with van der Waals surface area (Å²) in [6.07, 6.45) is 0.340. The Morgan fingerprint density at radius 3 is 2.94 bits per heavy atom. The molecule has 1 aromatic rings. The highest BCUT2D eigenvalue weighted by Gasteiger charge is 2.42. The molecule has 86 valence electrons. The normalized spacial score (nSPS) is 23.6. The number of aliphatic carboxylic acids is 1. The van der Waals surface area contributed by atoms with Gasteiger partial charge in [0.2, 0.25) is 5.67 Å². The zero-order chi connectivity index (χ0) is 11.8.